The van der Waals surface area contributed by atoms with Gasteiger partial charge in [-0.15, -0.1) is 11.8 Å². The fourth-order valence-corrected chi connectivity index (χ4v) is 3.53. The average molecular weight is 352 g/mol. The number of aromatic nitrogens is 2. The number of rotatable bonds is 5. The topological polar surface area (TPSA) is 46.1 Å². The predicted molar refractivity (Wildman–Crippen MR) is 95.6 cm³/mol. The summed E-state index contributed by atoms with van der Waals surface area (Å²) in [7, 11) is 1.68. The van der Waals surface area contributed by atoms with E-state index in [1.807, 2.05) is 18.4 Å². The van der Waals surface area contributed by atoms with Crippen LogP contribution in [-0.4, -0.2) is 29.2 Å². The molecule has 0 aliphatic heterocycles. The van der Waals surface area contributed by atoms with Crippen molar-refractivity contribution in [3.8, 4) is 10.6 Å². The Morgan fingerprint density at radius 2 is 2.32 bits per heavy atom. The van der Waals surface area contributed by atoms with E-state index < -0.39 is 0 Å². The molecule has 0 unspecified atom stereocenters. The molecule has 0 saturated carbocycles. The lowest BCUT2D eigenvalue weighted by Gasteiger charge is -2.15. The minimum Gasteiger partial charge on any atom is -0.300 e. The van der Waals surface area contributed by atoms with Gasteiger partial charge in [-0.2, -0.15) is 0 Å². The zero-order valence-corrected chi connectivity index (χ0v) is 14.5. The standard InChI is InChI=1S/C15H14ClN3OS2/c1-4-6-11(21-3)14(20)19(2)15-12(16)18-13(22-15)10-7-5-8-17-9-10/h4-9H,1H2,2-3H3/b11-6-. The average Bonchev–Trinajstić information content (AvgIpc) is 2.94. The van der Waals surface area contributed by atoms with E-state index in [4.69, 9.17) is 11.6 Å². The van der Waals surface area contributed by atoms with Crippen molar-refractivity contribution in [3.63, 3.8) is 0 Å². The predicted octanol–water partition coefficient (Wildman–Crippen LogP) is 4.25. The molecule has 114 valence electrons. The number of likely N-dealkylation sites (N-methyl/N-ethyl adjacent to an activating group) is 1. The highest BCUT2D eigenvalue weighted by atomic mass is 35.5. The molecule has 4 nitrogen and oxygen atoms in total. The maximum atomic E-state index is 12.5. The van der Waals surface area contributed by atoms with E-state index in [1.165, 1.54) is 28.0 Å². The van der Waals surface area contributed by atoms with Gasteiger partial charge in [-0.05, 0) is 24.5 Å². The fourth-order valence-electron chi connectivity index (χ4n) is 1.70. The number of carbonyl (C=O) groups excluding carboxylic acids is 1. The van der Waals surface area contributed by atoms with Crippen LogP contribution < -0.4 is 4.90 Å². The van der Waals surface area contributed by atoms with Gasteiger partial charge in [0.05, 0.1) is 4.91 Å². The van der Waals surface area contributed by atoms with Gasteiger partial charge in [-0.25, -0.2) is 4.98 Å². The number of halogens is 1. The van der Waals surface area contributed by atoms with Crippen LogP contribution in [0.2, 0.25) is 5.15 Å². The lowest BCUT2D eigenvalue weighted by molar-refractivity contribution is -0.114. The molecule has 0 fully saturated rings. The summed E-state index contributed by atoms with van der Waals surface area (Å²) in [6, 6.07) is 3.73. The highest BCUT2D eigenvalue weighted by Gasteiger charge is 2.21. The van der Waals surface area contributed by atoms with E-state index in [0.29, 0.717) is 15.1 Å². The third-order valence-corrected chi connectivity index (χ3v) is 5.09. The number of carbonyl (C=O) groups is 1. The van der Waals surface area contributed by atoms with Crippen molar-refractivity contribution in [3.05, 3.63) is 53.3 Å². The number of hydrogen-bond donors (Lipinski definition) is 0. The van der Waals surface area contributed by atoms with Gasteiger partial charge in [0.15, 0.2) is 5.15 Å². The second-order valence-corrected chi connectivity index (χ2v) is 6.38. The molecule has 0 N–H and O–H groups in total. The highest BCUT2D eigenvalue weighted by Crippen LogP contribution is 2.37. The molecule has 2 aromatic heterocycles. The Bertz CT molecular complexity index is 713. The summed E-state index contributed by atoms with van der Waals surface area (Å²) >= 11 is 8.92. The minimum atomic E-state index is -0.143. The van der Waals surface area contributed by atoms with Crippen LogP contribution >= 0.6 is 34.7 Å². The maximum absolute atomic E-state index is 12.5. The first-order valence-corrected chi connectivity index (χ1v) is 8.72. The molecule has 0 spiro atoms. The molecule has 2 rings (SSSR count). The Morgan fingerprint density at radius 1 is 1.55 bits per heavy atom. The van der Waals surface area contributed by atoms with Crippen LogP contribution in [-0.2, 0) is 4.79 Å². The van der Waals surface area contributed by atoms with Gasteiger partial charge in [0.2, 0.25) is 0 Å². The van der Waals surface area contributed by atoms with Crippen molar-refractivity contribution in [2.45, 2.75) is 0 Å². The first-order chi connectivity index (χ1) is 10.6. The van der Waals surface area contributed by atoms with Crippen LogP contribution in [0, 0.1) is 0 Å². The number of thiazole rings is 1. The summed E-state index contributed by atoms with van der Waals surface area (Å²) in [5.41, 5.74) is 0.869. The molecule has 0 aromatic carbocycles. The van der Waals surface area contributed by atoms with Gasteiger partial charge in [-0.3, -0.25) is 14.7 Å². The van der Waals surface area contributed by atoms with Crippen molar-refractivity contribution in [1.82, 2.24) is 9.97 Å². The molecule has 2 aromatic rings. The molecular weight excluding hydrogens is 338 g/mol. The Balaban J connectivity index is 2.33. The van der Waals surface area contributed by atoms with Gasteiger partial charge < -0.3 is 0 Å². The van der Waals surface area contributed by atoms with Crippen LogP contribution in [0.25, 0.3) is 10.6 Å². The van der Waals surface area contributed by atoms with Gasteiger partial charge in [0.1, 0.15) is 10.0 Å². The Kier molecular flexibility index (Phi) is 5.76. The van der Waals surface area contributed by atoms with Gasteiger partial charge in [-0.1, -0.05) is 35.6 Å². The van der Waals surface area contributed by atoms with Crippen molar-refractivity contribution >= 4 is 45.6 Å². The third kappa shape index (κ3) is 3.58. The zero-order valence-electron chi connectivity index (χ0n) is 12.1. The van der Waals surface area contributed by atoms with Gasteiger partial charge in [0.25, 0.3) is 5.91 Å². The van der Waals surface area contributed by atoms with Crippen LogP contribution in [0.1, 0.15) is 0 Å². The summed E-state index contributed by atoms with van der Waals surface area (Å²) in [6.07, 6.45) is 8.52. The molecule has 0 aliphatic rings. The number of thioether (sulfide) groups is 1. The number of hydrogen-bond acceptors (Lipinski definition) is 5. The normalized spacial score (nSPS) is 11.3. The second kappa shape index (κ2) is 7.58. The van der Waals surface area contributed by atoms with E-state index in [9.17, 15) is 4.79 Å². The maximum Gasteiger partial charge on any atom is 0.265 e. The second-order valence-electron chi connectivity index (χ2n) is 4.19. The molecule has 22 heavy (non-hydrogen) atoms. The Hall–Kier alpha value is -1.63. The molecule has 2 heterocycles. The smallest absolute Gasteiger partial charge is 0.265 e. The van der Waals surface area contributed by atoms with Crippen LogP contribution in [0.15, 0.2) is 48.2 Å². The fraction of sp³-hybridized carbons (Fsp3) is 0.133. The Morgan fingerprint density at radius 3 is 2.91 bits per heavy atom. The number of allylic oxidation sites excluding steroid dienone is 2. The molecule has 0 radical (unpaired) electrons. The zero-order chi connectivity index (χ0) is 16.1. The summed E-state index contributed by atoms with van der Waals surface area (Å²) in [4.78, 5) is 22.9. The number of amides is 1. The molecular formula is C15H14ClN3OS2. The molecule has 0 aliphatic carbocycles. The van der Waals surface area contributed by atoms with Crippen molar-refractivity contribution in [2.24, 2.45) is 0 Å². The van der Waals surface area contributed by atoms with E-state index in [-0.39, 0.29) is 5.91 Å². The molecule has 0 saturated heterocycles. The first kappa shape index (κ1) is 16.7. The summed E-state index contributed by atoms with van der Waals surface area (Å²) in [6.45, 7) is 3.62. The molecule has 1 amide bonds. The van der Waals surface area contributed by atoms with Crippen molar-refractivity contribution in [1.29, 1.82) is 0 Å². The van der Waals surface area contributed by atoms with Crippen LogP contribution in [0.4, 0.5) is 5.00 Å². The van der Waals surface area contributed by atoms with Crippen LogP contribution in [0.5, 0.6) is 0 Å². The molecule has 0 atom stereocenters. The monoisotopic (exact) mass is 351 g/mol. The van der Waals surface area contributed by atoms with E-state index in [0.717, 1.165) is 10.6 Å². The molecule has 0 bridgehead atoms. The largest absolute Gasteiger partial charge is 0.300 e. The van der Waals surface area contributed by atoms with E-state index in [1.54, 1.807) is 31.6 Å². The number of pyridine rings is 1. The van der Waals surface area contributed by atoms with Gasteiger partial charge >= 0.3 is 0 Å². The minimum absolute atomic E-state index is 0.143. The highest BCUT2D eigenvalue weighted by molar-refractivity contribution is 8.03. The quantitative estimate of drug-likeness (QED) is 0.596. The molecule has 7 heteroatoms. The summed E-state index contributed by atoms with van der Waals surface area (Å²) in [5.74, 6) is -0.143. The van der Waals surface area contributed by atoms with E-state index >= 15 is 0 Å². The lowest BCUT2D eigenvalue weighted by Crippen LogP contribution is -2.26. The SMILES string of the molecule is C=C/C=C(\SC)C(=O)N(C)c1sc(-c2cccnc2)nc1Cl. The first-order valence-electron chi connectivity index (χ1n) is 6.30. The van der Waals surface area contributed by atoms with Crippen LogP contribution in [0.3, 0.4) is 0 Å². The van der Waals surface area contributed by atoms with Gasteiger partial charge in [0, 0.05) is 25.0 Å². The lowest BCUT2D eigenvalue weighted by atomic mass is 10.3. The number of nitrogens with zero attached hydrogens (tertiary/aromatic N) is 3. The number of anilines is 1. The summed E-state index contributed by atoms with van der Waals surface area (Å²) in [5, 5.41) is 1.64. The Labute approximate surface area is 142 Å². The van der Waals surface area contributed by atoms with Crippen molar-refractivity contribution in [2.75, 3.05) is 18.2 Å². The summed E-state index contributed by atoms with van der Waals surface area (Å²) < 4.78 is 0. The third-order valence-electron chi connectivity index (χ3n) is 2.79. The van der Waals surface area contributed by atoms with Crippen molar-refractivity contribution < 1.29 is 4.79 Å². The van der Waals surface area contributed by atoms with E-state index in [2.05, 4.69) is 16.5 Å².